The molecule has 1 aromatic carbocycles. The molecule has 7 heteroatoms. The number of nitrogens with zero attached hydrogens (tertiary/aromatic N) is 1. The van der Waals surface area contributed by atoms with Crippen molar-refractivity contribution in [2.24, 2.45) is 5.73 Å². The largest absolute Gasteiger partial charge is 0.388 e. The van der Waals surface area contributed by atoms with Crippen LogP contribution in [-0.2, 0) is 10.2 Å². The molecule has 0 aromatic heterocycles. The number of nitrogens with one attached hydrogen (secondary N) is 2. The van der Waals surface area contributed by atoms with E-state index in [2.05, 4.69) is 4.72 Å². The molecule has 0 radical (unpaired) electrons. The number of benzene rings is 1. The van der Waals surface area contributed by atoms with Gasteiger partial charge in [0, 0.05) is 19.5 Å². The van der Waals surface area contributed by atoms with E-state index in [4.69, 9.17) is 11.1 Å². The fraction of sp³-hybridized carbons (Fsp3) is 0.417. The van der Waals surface area contributed by atoms with Gasteiger partial charge in [0.15, 0.2) is 0 Å². The van der Waals surface area contributed by atoms with Crippen molar-refractivity contribution in [3.8, 4) is 0 Å². The number of hydrogen-bond donors (Lipinski definition) is 3. The van der Waals surface area contributed by atoms with Gasteiger partial charge in [-0.1, -0.05) is 25.1 Å². The Hall–Kier alpha value is -1.60. The van der Waals surface area contributed by atoms with Crippen LogP contribution < -0.4 is 14.8 Å². The summed E-state index contributed by atoms with van der Waals surface area (Å²) in [5.41, 5.74) is 5.87. The van der Waals surface area contributed by atoms with Gasteiger partial charge in [-0.25, -0.2) is 0 Å². The van der Waals surface area contributed by atoms with Crippen LogP contribution in [-0.4, -0.2) is 27.3 Å². The zero-order valence-electron chi connectivity index (χ0n) is 11.0. The number of nitrogens with two attached hydrogens (primary N) is 1. The van der Waals surface area contributed by atoms with Crippen LogP contribution in [0.25, 0.3) is 0 Å². The molecule has 0 aliphatic heterocycles. The maximum Gasteiger partial charge on any atom is 0.301 e. The molecule has 4 N–H and O–H groups in total. The summed E-state index contributed by atoms with van der Waals surface area (Å²) in [6.45, 7) is 2.43. The Morgan fingerprint density at radius 1 is 1.37 bits per heavy atom. The summed E-state index contributed by atoms with van der Waals surface area (Å²) in [7, 11) is -3.60. The molecule has 0 unspecified atom stereocenters. The van der Waals surface area contributed by atoms with E-state index in [1.165, 1.54) is 4.31 Å². The number of rotatable bonds is 8. The number of para-hydroxylation sites is 1. The normalized spacial score (nSPS) is 11.2. The van der Waals surface area contributed by atoms with Gasteiger partial charge in [-0.15, -0.1) is 0 Å². The zero-order chi connectivity index (χ0) is 14.3. The van der Waals surface area contributed by atoms with Crippen LogP contribution in [0.1, 0.15) is 19.8 Å². The number of hydrogen-bond acceptors (Lipinski definition) is 3. The molecule has 19 heavy (non-hydrogen) atoms. The highest BCUT2D eigenvalue weighted by atomic mass is 32.2. The topological polar surface area (TPSA) is 99.3 Å². The molecule has 6 nitrogen and oxygen atoms in total. The summed E-state index contributed by atoms with van der Waals surface area (Å²) >= 11 is 0. The molecule has 0 saturated heterocycles. The van der Waals surface area contributed by atoms with Crippen molar-refractivity contribution in [3.05, 3.63) is 30.3 Å². The van der Waals surface area contributed by atoms with Gasteiger partial charge in [-0.2, -0.15) is 13.1 Å². The fourth-order valence-corrected chi connectivity index (χ4v) is 2.86. The lowest BCUT2D eigenvalue weighted by Crippen LogP contribution is -2.42. The third-order valence-corrected chi connectivity index (χ3v) is 4.00. The molecule has 0 bridgehead atoms. The first-order valence-corrected chi connectivity index (χ1v) is 7.56. The van der Waals surface area contributed by atoms with Crippen LogP contribution in [0.5, 0.6) is 0 Å². The minimum Gasteiger partial charge on any atom is -0.388 e. The molecular formula is C12H20N4O2S. The van der Waals surface area contributed by atoms with Gasteiger partial charge in [0.25, 0.3) is 0 Å². The predicted octanol–water partition coefficient (Wildman–Crippen LogP) is 1.06. The summed E-state index contributed by atoms with van der Waals surface area (Å²) in [4.78, 5) is 0. The zero-order valence-corrected chi connectivity index (χ0v) is 11.8. The highest BCUT2D eigenvalue weighted by Crippen LogP contribution is 2.16. The van der Waals surface area contributed by atoms with Crippen molar-refractivity contribution in [1.29, 1.82) is 5.41 Å². The van der Waals surface area contributed by atoms with E-state index in [0.29, 0.717) is 18.7 Å². The Balaban J connectivity index is 2.95. The lowest BCUT2D eigenvalue weighted by atomic mass is 10.3. The molecule has 0 heterocycles. The smallest absolute Gasteiger partial charge is 0.301 e. The Bertz CT molecular complexity index is 502. The lowest BCUT2D eigenvalue weighted by Gasteiger charge is -2.24. The highest BCUT2D eigenvalue weighted by Gasteiger charge is 2.21. The van der Waals surface area contributed by atoms with Crippen molar-refractivity contribution in [1.82, 2.24) is 4.72 Å². The molecular weight excluding hydrogens is 264 g/mol. The van der Waals surface area contributed by atoms with E-state index in [0.717, 1.165) is 0 Å². The predicted molar refractivity (Wildman–Crippen MR) is 77.5 cm³/mol. The van der Waals surface area contributed by atoms with Gasteiger partial charge in [-0.3, -0.25) is 9.71 Å². The first kappa shape index (κ1) is 15.5. The van der Waals surface area contributed by atoms with E-state index in [1.54, 1.807) is 24.3 Å². The molecule has 1 aromatic rings. The maximum absolute atomic E-state index is 12.2. The average molecular weight is 284 g/mol. The van der Waals surface area contributed by atoms with Crippen molar-refractivity contribution in [2.45, 2.75) is 19.8 Å². The SMILES string of the molecule is CCCNS(=O)(=O)N(CCC(=N)N)c1ccccc1. The molecule has 1 rings (SSSR count). The Kier molecular flexibility index (Phi) is 5.78. The second-order valence-corrected chi connectivity index (χ2v) is 5.76. The number of anilines is 1. The van der Waals surface area contributed by atoms with Crippen LogP contribution in [0.3, 0.4) is 0 Å². The average Bonchev–Trinajstić information content (AvgIpc) is 2.37. The maximum atomic E-state index is 12.2. The summed E-state index contributed by atoms with van der Waals surface area (Å²) in [5, 5.41) is 7.23. The van der Waals surface area contributed by atoms with Gasteiger partial charge < -0.3 is 5.73 Å². The van der Waals surface area contributed by atoms with Crippen LogP contribution in [0.4, 0.5) is 5.69 Å². The molecule has 0 aliphatic rings. The molecule has 0 aliphatic carbocycles. The van der Waals surface area contributed by atoms with Gasteiger partial charge in [0.2, 0.25) is 0 Å². The molecule has 0 fully saturated rings. The standard InChI is InChI=1S/C12H20N4O2S/c1-2-9-15-19(17,18)16(10-8-12(13)14)11-6-4-3-5-7-11/h3-7,15H,2,8-10H2,1H3,(H3,13,14). The lowest BCUT2D eigenvalue weighted by molar-refractivity contribution is 0.575. The first-order valence-electron chi connectivity index (χ1n) is 6.12. The molecule has 0 saturated carbocycles. The van der Waals surface area contributed by atoms with Crippen LogP contribution in [0, 0.1) is 5.41 Å². The minimum atomic E-state index is -3.60. The highest BCUT2D eigenvalue weighted by molar-refractivity contribution is 7.90. The van der Waals surface area contributed by atoms with E-state index >= 15 is 0 Å². The van der Waals surface area contributed by atoms with Crippen molar-refractivity contribution < 1.29 is 8.42 Å². The third-order valence-electron chi connectivity index (χ3n) is 2.45. The second-order valence-electron chi connectivity index (χ2n) is 4.08. The van der Waals surface area contributed by atoms with Gasteiger partial charge in [-0.05, 0) is 18.6 Å². The molecule has 0 atom stereocenters. The van der Waals surface area contributed by atoms with Crippen LogP contribution in [0.15, 0.2) is 30.3 Å². The summed E-state index contributed by atoms with van der Waals surface area (Å²) in [5.74, 6) is -0.0355. The molecule has 0 spiro atoms. The van der Waals surface area contributed by atoms with Gasteiger partial charge >= 0.3 is 10.2 Å². The summed E-state index contributed by atoms with van der Waals surface area (Å²) < 4.78 is 28.2. The van der Waals surface area contributed by atoms with Gasteiger partial charge in [0.1, 0.15) is 0 Å². The minimum absolute atomic E-state index is 0.0355. The van der Waals surface area contributed by atoms with E-state index in [9.17, 15) is 8.42 Å². The summed E-state index contributed by atoms with van der Waals surface area (Å²) in [6, 6.07) is 8.78. The second kappa shape index (κ2) is 7.10. The van der Waals surface area contributed by atoms with Crippen molar-refractivity contribution >= 4 is 21.7 Å². The third kappa shape index (κ3) is 4.88. The van der Waals surface area contributed by atoms with E-state index in [1.807, 2.05) is 13.0 Å². The quantitative estimate of drug-likeness (QED) is 0.491. The van der Waals surface area contributed by atoms with Gasteiger partial charge in [0.05, 0.1) is 11.5 Å². The molecule has 0 amide bonds. The van der Waals surface area contributed by atoms with E-state index in [-0.39, 0.29) is 18.8 Å². The van der Waals surface area contributed by atoms with Crippen molar-refractivity contribution in [2.75, 3.05) is 17.4 Å². The fourth-order valence-electron chi connectivity index (χ4n) is 1.51. The monoisotopic (exact) mass is 284 g/mol. The van der Waals surface area contributed by atoms with E-state index < -0.39 is 10.2 Å². The molecule has 106 valence electrons. The van der Waals surface area contributed by atoms with Crippen LogP contribution in [0.2, 0.25) is 0 Å². The Labute approximate surface area is 114 Å². The first-order chi connectivity index (χ1) is 8.97. The van der Waals surface area contributed by atoms with Crippen LogP contribution >= 0.6 is 0 Å². The Morgan fingerprint density at radius 3 is 2.53 bits per heavy atom. The van der Waals surface area contributed by atoms with Crippen molar-refractivity contribution in [3.63, 3.8) is 0 Å². The number of amidine groups is 1. The Morgan fingerprint density at radius 2 is 2.00 bits per heavy atom. The summed E-state index contributed by atoms with van der Waals surface area (Å²) in [6.07, 6.45) is 0.913.